The molecule has 0 aliphatic rings. The van der Waals surface area contributed by atoms with Crippen LogP contribution in [0.5, 0.6) is 0 Å². The molecule has 0 fully saturated rings. The fourth-order valence-corrected chi connectivity index (χ4v) is 3.55. The molecular formula is C24H25N3O4S. The van der Waals surface area contributed by atoms with E-state index in [1.807, 2.05) is 24.3 Å². The van der Waals surface area contributed by atoms with E-state index in [2.05, 4.69) is 22.2 Å². The second-order valence-corrected chi connectivity index (χ2v) is 8.15. The van der Waals surface area contributed by atoms with Gasteiger partial charge in [-0.15, -0.1) is 0 Å². The number of ketones is 1. The SMILES string of the molecule is CCCCCC(=O)Nc1ccc(C(=O)COC(=O)CSc2cnc3ccccc3n2)cc1. The van der Waals surface area contributed by atoms with E-state index in [0.29, 0.717) is 22.7 Å². The molecule has 8 heteroatoms. The number of aromatic nitrogens is 2. The van der Waals surface area contributed by atoms with Gasteiger partial charge in [0.2, 0.25) is 5.91 Å². The molecule has 0 aliphatic carbocycles. The Labute approximate surface area is 191 Å². The van der Waals surface area contributed by atoms with E-state index in [1.54, 1.807) is 30.5 Å². The molecule has 1 heterocycles. The van der Waals surface area contributed by atoms with Gasteiger partial charge in [-0.1, -0.05) is 43.7 Å². The van der Waals surface area contributed by atoms with Crippen molar-refractivity contribution in [1.82, 2.24) is 9.97 Å². The van der Waals surface area contributed by atoms with Crippen LogP contribution in [0.4, 0.5) is 5.69 Å². The number of benzene rings is 2. The fraction of sp³-hybridized carbons (Fsp3) is 0.292. The number of fused-ring (bicyclic) bond motifs is 1. The summed E-state index contributed by atoms with van der Waals surface area (Å²) < 4.78 is 5.09. The van der Waals surface area contributed by atoms with Crippen molar-refractivity contribution in [1.29, 1.82) is 0 Å². The average molecular weight is 452 g/mol. The van der Waals surface area contributed by atoms with E-state index in [9.17, 15) is 14.4 Å². The summed E-state index contributed by atoms with van der Waals surface area (Å²) in [5.74, 6) is -0.826. The minimum Gasteiger partial charge on any atom is -0.457 e. The van der Waals surface area contributed by atoms with Crippen LogP contribution in [0.15, 0.2) is 59.8 Å². The number of nitrogens with one attached hydrogen (secondary N) is 1. The van der Waals surface area contributed by atoms with Crippen molar-refractivity contribution in [2.75, 3.05) is 17.7 Å². The van der Waals surface area contributed by atoms with Gasteiger partial charge >= 0.3 is 5.97 Å². The van der Waals surface area contributed by atoms with Crippen LogP contribution in [0.1, 0.15) is 43.0 Å². The number of amides is 1. The quantitative estimate of drug-likeness (QED) is 0.196. The molecular weight excluding hydrogens is 426 g/mol. The predicted octanol–water partition coefficient (Wildman–Crippen LogP) is 4.67. The molecule has 0 saturated heterocycles. The van der Waals surface area contributed by atoms with Crippen molar-refractivity contribution in [3.05, 3.63) is 60.3 Å². The number of ether oxygens (including phenoxy) is 1. The van der Waals surface area contributed by atoms with Gasteiger partial charge in [-0.3, -0.25) is 19.4 Å². The zero-order valence-corrected chi connectivity index (χ0v) is 18.7. The zero-order valence-electron chi connectivity index (χ0n) is 17.9. The smallest absolute Gasteiger partial charge is 0.316 e. The Balaban J connectivity index is 1.42. The highest BCUT2D eigenvalue weighted by atomic mass is 32.2. The van der Waals surface area contributed by atoms with E-state index in [0.717, 1.165) is 30.3 Å². The van der Waals surface area contributed by atoms with Gasteiger partial charge < -0.3 is 10.1 Å². The molecule has 0 spiro atoms. The average Bonchev–Trinajstić information content (AvgIpc) is 2.81. The molecule has 7 nitrogen and oxygen atoms in total. The maximum absolute atomic E-state index is 12.3. The van der Waals surface area contributed by atoms with Crippen LogP contribution < -0.4 is 5.32 Å². The van der Waals surface area contributed by atoms with Crippen molar-refractivity contribution in [2.45, 2.75) is 37.6 Å². The monoisotopic (exact) mass is 451 g/mol. The van der Waals surface area contributed by atoms with Crippen molar-refractivity contribution < 1.29 is 19.1 Å². The van der Waals surface area contributed by atoms with Crippen LogP contribution in [0, 0.1) is 0 Å². The van der Waals surface area contributed by atoms with E-state index < -0.39 is 5.97 Å². The number of hydrogen-bond acceptors (Lipinski definition) is 7. The number of carbonyl (C=O) groups is 3. The van der Waals surface area contributed by atoms with Gasteiger partial charge in [-0.2, -0.15) is 0 Å². The first-order valence-corrected chi connectivity index (χ1v) is 11.5. The fourth-order valence-electron chi connectivity index (χ4n) is 2.91. The van der Waals surface area contributed by atoms with E-state index >= 15 is 0 Å². The van der Waals surface area contributed by atoms with Crippen LogP contribution in [-0.2, 0) is 14.3 Å². The number of thioether (sulfide) groups is 1. The van der Waals surface area contributed by atoms with E-state index in [4.69, 9.17) is 4.74 Å². The van der Waals surface area contributed by atoms with Crippen LogP contribution in [0.3, 0.4) is 0 Å². The molecule has 3 rings (SSSR count). The molecule has 0 atom stereocenters. The third-order valence-corrected chi connectivity index (χ3v) is 5.50. The van der Waals surface area contributed by atoms with Gasteiger partial charge in [0.15, 0.2) is 12.4 Å². The minimum atomic E-state index is -0.505. The van der Waals surface area contributed by atoms with Crippen molar-refractivity contribution >= 4 is 46.1 Å². The maximum Gasteiger partial charge on any atom is 0.316 e. The standard InChI is InChI=1S/C24H25N3O4S/c1-2-3-4-9-22(29)26-18-12-10-17(11-13-18)21(28)15-31-24(30)16-32-23-14-25-19-7-5-6-8-20(19)27-23/h5-8,10-14H,2-4,9,15-16H2,1H3,(H,26,29). The van der Waals surface area contributed by atoms with Gasteiger partial charge in [0.1, 0.15) is 5.03 Å². The summed E-state index contributed by atoms with van der Waals surface area (Å²) in [6.45, 7) is 1.74. The van der Waals surface area contributed by atoms with Gasteiger partial charge in [-0.05, 0) is 42.8 Å². The second kappa shape index (κ2) is 12.0. The largest absolute Gasteiger partial charge is 0.457 e. The molecule has 166 valence electrons. The van der Waals surface area contributed by atoms with Crippen LogP contribution in [-0.4, -0.2) is 40.0 Å². The third-order valence-electron chi connectivity index (χ3n) is 4.63. The van der Waals surface area contributed by atoms with Crippen LogP contribution in [0.2, 0.25) is 0 Å². The Bertz CT molecular complexity index is 1090. The topological polar surface area (TPSA) is 98.2 Å². The second-order valence-electron chi connectivity index (χ2n) is 7.15. The Kier molecular flexibility index (Phi) is 8.74. The summed E-state index contributed by atoms with van der Waals surface area (Å²) in [5.41, 5.74) is 2.58. The lowest BCUT2D eigenvalue weighted by Gasteiger charge is -2.07. The first-order valence-electron chi connectivity index (χ1n) is 10.5. The lowest BCUT2D eigenvalue weighted by atomic mass is 10.1. The Morgan fingerprint density at radius 1 is 1.00 bits per heavy atom. The number of rotatable bonds is 11. The molecule has 1 N–H and O–H groups in total. The number of unbranched alkanes of at least 4 members (excludes halogenated alkanes) is 2. The predicted molar refractivity (Wildman–Crippen MR) is 125 cm³/mol. The lowest BCUT2D eigenvalue weighted by Crippen LogP contribution is -2.16. The first-order chi connectivity index (χ1) is 15.5. The van der Waals surface area contributed by atoms with E-state index in [-0.39, 0.29) is 24.1 Å². The highest BCUT2D eigenvalue weighted by Crippen LogP contribution is 2.18. The molecule has 0 bridgehead atoms. The number of para-hydroxylation sites is 2. The van der Waals surface area contributed by atoms with Crippen molar-refractivity contribution in [3.8, 4) is 0 Å². The molecule has 32 heavy (non-hydrogen) atoms. The molecule has 3 aromatic rings. The molecule has 1 aromatic heterocycles. The summed E-state index contributed by atoms with van der Waals surface area (Å²) in [6, 6.07) is 14.0. The molecule has 0 unspecified atom stereocenters. The molecule has 0 aliphatic heterocycles. The summed E-state index contributed by atoms with van der Waals surface area (Å²) in [4.78, 5) is 44.9. The summed E-state index contributed by atoms with van der Waals surface area (Å²) in [6.07, 6.45) is 5.03. The minimum absolute atomic E-state index is 0.0311. The normalized spacial score (nSPS) is 10.7. The Hall–Kier alpha value is -3.26. The molecule has 0 radical (unpaired) electrons. The Morgan fingerprint density at radius 2 is 1.75 bits per heavy atom. The third kappa shape index (κ3) is 7.16. The van der Waals surface area contributed by atoms with Crippen molar-refractivity contribution in [3.63, 3.8) is 0 Å². The zero-order chi connectivity index (χ0) is 22.8. The summed E-state index contributed by atoms with van der Waals surface area (Å²) in [5, 5.41) is 3.42. The number of hydrogen-bond donors (Lipinski definition) is 1. The van der Waals surface area contributed by atoms with Gasteiger partial charge in [0.05, 0.1) is 23.0 Å². The Morgan fingerprint density at radius 3 is 2.50 bits per heavy atom. The van der Waals surface area contributed by atoms with Gasteiger partial charge in [-0.25, -0.2) is 4.98 Å². The van der Waals surface area contributed by atoms with Gasteiger partial charge in [0.25, 0.3) is 0 Å². The molecule has 2 aromatic carbocycles. The number of anilines is 1. The number of nitrogens with zero attached hydrogens (tertiary/aromatic N) is 2. The lowest BCUT2D eigenvalue weighted by molar-refractivity contribution is -0.139. The van der Waals surface area contributed by atoms with Crippen LogP contribution in [0.25, 0.3) is 11.0 Å². The summed E-state index contributed by atoms with van der Waals surface area (Å²) in [7, 11) is 0. The van der Waals surface area contributed by atoms with Gasteiger partial charge in [0, 0.05) is 17.7 Å². The van der Waals surface area contributed by atoms with E-state index in [1.165, 1.54) is 11.8 Å². The highest BCUT2D eigenvalue weighted by molar-refractivity contribution is 7.99. The summed E-state index contributed by atoms with van der Waals surface area (Å²) >= 11 is 1.21. The number of carbonyl (C=O) groups excluding carboxylic acids is 3. The highest BCUT2D eigenvalue weighted by Gasteiger charge is 2.12. The van der Waals surface area contributed by atoms with Crippen LogP contribution >= 0.6 is 11.8 Å². The molecule has 0 saturated carbocycles. The van der Waals surface area contributed by atoms with Crippen molar-refractivity contribution in [2.24, 2.45) is 0 Å². The maximum atomic E-state index is 12.3. The first kappa shape index (κ1) is 23.4. The molecule has 1 amide bonds. The number of Topliss-reactive ketones (excluding diaryl/α,β-unsaturated/α-hetero) is 1. The number of esters is 1.